The van der Waals surface area contributed by atoms with Crippen molar-refractivity contribution in [2.45, 2.75) is 25.9 Å². The van der Waals surface area contributed by atoms with Gasteiger partial charge in [-0.1, -0.05) is 24.6 Å². The van der Waals surface area contributed by atoms with Gasteiger partial charge in [0, 0.05) is 17.3 Å². The van der Waals surface area contributed by atoms with Crippen molar-refractivity contribution in [1.29, 1.82) is 0 Å². The molecule has 0 fully saturated rings. The third-order valence-corrected chi connectivity index (χ3v) is 3.03. The molecule has 0 aliphatic carbocycles. The fourth-order valence-corrected chi connectivity index (χ4v) is 2.11. The van der Waals surface area contributed by atoms with Crippen molar-refractivity contribution in [2.24, 2.45) is 5.73 Å². The van der Waals surface area contributed by atoms with Crippen LogP contribution in [-0.2, 0) is 6.42 Å². The zero-order valence-electron chi connectivity index (χ0n) is 8.33. The van der Waals surface area contributed by atoms with E-state index in [1.807, 2.05) is 12.1 Å². The van der Waals surface area contributed by atoms with Gasteiger partial charge < -0.3 is 10.6 Å². The number of hydrogen-bond acceptors (Lipinski definition) is 2. The third-order valence-electron chi connectivity index (χ3n) is 2.80. The van der Waals surface area contributed by atoms with Crippen LogP contribution in [0.1, 0.15) is 18.9 Å². The highest BCUT2D eigenvalue weighted by molar-refractivity contribution is 6.30. The molecule has 0 saturated heterocycles. The van der Waals surface area contributed by atoms with E-state index in [0.29, 0.717) is 0 Å². The van der Waals surface area contributed by atoms with Crippen molar-refractivity contribution in [3.05, 3.63) is 28.8 Å². The molecule has 0 saturated carbocycles. The highest BCUT2D eigenvalue weighted by Crippen LogP contribution is 2.31. The Morgan fingerprint density at radius 2 is 2.36 bits per heavy atom. The van der Waals surface area contributed by atoms with Crippen LogP contribution < -0.4 is 10.6 Å². The second-order valence-corrected chi connectivity index (χ2v) is 4.13. The number of rotatable bonds is 2. The van der Waals surface area contributed by atoms with Gasteiger partial charge in [-0.15, -0.1) is 0 Å². The lowest BCUT2D eigenvalue weighted by Gasteiger charge is -2.26. The summed E-state index contributed by atoms with van der Waals surface area (Å²) in [5, 5.41) is 0.791. The number of halogens is 1. The number of anilines is 1. The molecule has 0 amide bonds. The van der Waals surface area contributed by atoms with Crippen LogP contribution in [0.4, 0.5) is 5.69 Å². The van der Waals surface area contributed by atoms with E-state index in [1.54, 1.807) is 0 Å². The van der Waals surface area contributed by atoms with Gasteiger partial charge in [-0.25, -0.2) is 0 Å². The van der Waals surface area contributed by atoms with Crippen LogP contribution >= 0.6 is 11.6 Å². The van der Waals surface area contributed by atoms with E-state index < -0.39 is 0 Å². The molecule has 2 rings (SSSR count). The van der Waals surface area contributed by atoms with Crippen molar-refractivity contribution >= 4 is 17.3 Å². The Labute approximate surface area is 89.7 Å². The molecule has 2 nitrogen and oxygen atoms in total. The van der Waals surface area contributed by atoms with Gasteiger partial charge in [-0.05, 0) is 30.5 Å². The summed E-state index contributed by atoms with van der Waals surface area (Å²) < 4.78 is 0. The van der Waals surface area contributed by atoms with E-state index >= 15 is 0 Å². The summed E-state index contributed by atoms with van der Waals surface area (Å²) in [5.74, 6) is 0. The molecule has 1 atom stereocenters. The van der Waals surface area contributed by atoms with E-state index in [1.165, 1.54) is 11.3 Å². The van der Waals surface area contributed by atoms with Crippen LogP contribution in [0.5, 0.6) is 0 Å². The fraction of sp³-hybridized carbons (Fsp3) is 0.455. The fourth-order valence-electron chi connectivity index (χ4n) is 1.94. The molecule has 2 N–H and O–H groups in total. The molecule has 0 aromatic heterocycles. The van der Waals surface area contributed by atoms with E-state index in [4.69, 9.17) is 17.3 Å². The quantitative estimate of drug-likeness (QED) is 0.813. The molecule has 0 spiro atoms. The van der Waals surface area contributed by atoms with Crippen LogP contribution in [-0.4, -0.2) is 12.7 Å². The molecule has 0 unspecified atom stereocenters. The minimum atomic E-state index is 0.120. The topological polar surface area (TPSA) is 29.3 Å². The van der Waals surface area contributed by atoms with Gasteiger partial charge in [0.1, 0.15) is 0 Å². The highest BCUT2D eigenvalue weighted by Gasteiger charge is 2.22. The van der Waals surface area contributed by atoms with Crippen LogP contribution in [0, 0.1) is 0 Å². The van der Waals surface area contributed by atoms with E-state index in [-0.39, 0.29) is 6.17 Å². The molecule has 76 valence electrons. The molecular formula is C11H15ClN2. The molecule has 1 aromatic carbocycles. The first-order valence-electron chi connectivity index (χ1n) is 5.03. The van der Waals surface area contributed by atoms with E-state index in [9.17, 15) is 0 Å². The largest absolute Gasteiger partial charge is 0.356 e. The molecule has 1 aliphatic heterocycles. The molecule has 3 heteroatoms. The zero-order valence-corrected chi connectivity index (χ0v) is 9.09. The first kappa shape index (κ1) is 9.81. The number of hydrogen-bond donors (Lipinski definition) is 1. The summed E-state index contributed by atoms with van der Waals surface area (Å²) in [6, 6.07) is 6.06. The average molecular weight is 211 g/mol. The van der Waals surface area contributed by atoms with E-state index in [0.717, 1.165) is 24.4 Å². The molecule has 1 heterocycles. The van der Waals surface area contributed by atoms with Crippen molar-refractivity contribution in [3.63, 3.8) is 0 Å². The first-order chi connectivity index (χ1) is 6.72. The van der Waals surface area contributed by atoms with Gasteiger partial charge in [0.25, 0.3) is 0 Å². The van der Waals surface area contributed by atoms with Gasteiger partial charge in [-0.2, -0.15) is 0 Å². The van der Waals surface area contributed by atoms with Crippen molar-refractivity contribution in [1.82, 2.24) is 0 Å². The predicted octanol–water partition coefficient (Wildman–Crippen LogP) is 2.40. The molecule has 14 heavy (non-hydrogen) atoms. The molecule has 0 radical (unpaired) electrons. The van der Waals surface area contributed by atoms with Crippen molar-refractivity contribution in [2.75, 3.05) is 11.4 Å². The maximum atomic E-state index is 6.03. The number of nitrogens with two attached hydrogens (primary N) is 1. The molecule has 1 aromatic rings. The normalized spacial score (nSPS) is 16.9. The van der Waals surface area contributed by atoms with E-state index in [2.05, 4.69) is 17.9 Å². The Hall–Kier alpha value is -0.730. The highest BCUT2D eigenvalue weighted by atomic mass is 35.5. The van der Waals surface area contributed by atoms with Crippen molar-refractivity contribution in [3.8, 4) is 0 Å². The van der Waals surface area contributed by atoms with Crippen molar-refractivity contribution < 1.29 is 0 Å². The van der Waals surface area contributed by atoms with Crippen LogP contribution in [0.25, 0.3) is 0 Å². The second kappa shape index (κ2) is 3.79. The standard InChI is InChI=1S/C11H15ClN2/c1-2-11(13)14-6-5-8-3-4-9(12)7-10(8)14/h3-4,7,11H,2,5-6,13H2,1H3/t11-/m0/s1. The maximum absolute atomic E-state index is 6.03. The smallest absolute Gasteiger partial charge is 0.0768 e. The predicted molar refractivity (Wildman–Crippen MR) is 60.8 cm³/mol. The van der Waals surface area contributed by atoms with Crippen LogP contribution in [0.15, 0.2) is 18.2 Å². The van der Waals surface area contributed by atoms with Gasteiger partial charge in [-0.3, -0.25) is 0 Å². The lowest BCUT2D eigenvalue weighted by atomic mass is 10.2. The monoisotopic (exact) mass is 210 g/mol. The van der Waals surface area contributed by atoms with Gasteiger partial charge in [0.15, 0.2) is 0 Å². The van der Waals surface area contributed by atoms with Crippen LogP contribution in [0.2, 0.25) is 5.02 Å². The number of fused-ring (bicyclic) bond motifs is 1. The first-order valence-corrected chi connectivity index (χ1v) is 5.41. The Bertz CT molecular complexity index is 338. The molecular weight excluding hydrogens is 196 g/mol. The second-order valence-electron chi connectivity index (χ2n) is 3.69. The Balaban J connectivity index is 2.33. The summed E-state index contributed by atoms with van der Waals surface area (Å²) in [6.45, 7) is 3.12. The SMILES string of the molecule is CC[C@@H](N)N1CCc2ccc(Cl)cc21. The lowest BCUT2D eigenvalue weighted by Crippen LogP contribution is -2.40. The van der Waals surface area contributed by atoms with Gasteiger partial charge in [0.05, 0.1) is 6.17 Å². The summed E-state index contributed by atoms with van der Waals surface area (Å²) in [7, 11) is 0. The molecule has 1 aliphatic rings. The number of nitrogens with zero attached hydrogens (tertiary/aromatic N) is 1. The number of benzene rings is 1. The minimum absolute atomic E-state index is 0.120. The zero-order chi connectivity index (χ0) is 10.1. The van der Waals surface area contributed by atoms with Gasteiger partial charge >= 0.3 is 0 Å². The Morgan fingerprint density at radius 3 is 3.07 bits per heavy atom. The average Bonchev–Trinajstić information content (AvgIpc) is 2.59. The minimum Gasteiger partial charge on any atom is -0.356 e. The van der Waals surface area contributed by atoms with Gasteiger partial charge in [0.2, 0.25) is 0 Å². The summed E-state index contributed by atoms with van der Waals surface area (Å²) in [4.78, 5) is 2.24. The summed E-state index contributed by atoms with van der Waals surface area (Å²) >= 11 is 5.97. The summed E-state index contributed by atoms with van der Waals surface area (Å²) in [5.41, 5.74) is 8.60. The van der Waals surface area contributed by atoms with Crippen LogP contribution in [0.3, 0.4) is 0 Å². The molecule has 0 bridgehead atoms. The summed E-state index contributed by atoms with van der Waals surface area (Å²) in [6.07, 6.45) is 2.17. The Morgan fingerprint density at radius 1 is 1.57 bits per heavy atom. The maximum Gasteiger partial charge on any atom is 0.0768 e. The third kappa shape index (κ3) is 1.60. The Kier molecular flexibility index (Phi) is 2.66. The lowest BCUT2D eigenvalue weighted by molar-refractivity contribution is 0.610.